The van der Waals surface area contributed by atoms with E-state index >= 15 is 0 Å². The third-order valence-corrected chi connectivity index (χ3v) is 6.05. The molecule has 0 radical (unpaired) electrons. The van der Waals surface area contributed by atoms with E-state index in [4.69, 9.17) is 0 Å². The summed E-state index contributed by atoms with van der Waals surface area (Å²) in [6.07, 6.45) is 10.6. The van der Waals surface area contributed by atoms with Gasteiger partial charge in [0.05, 0.1) is 5.75 Å². The smallest absolute Gasteiger partial charge is 0.230 e. The SMILES string of the molecule is O=C(CSc1nnc(-c2cccnc2)n1-c1ccccc1)NC1CCCCCC1. The van der Waals surface area contributed by atoms with Crippen molar-refractivity contribution < 1.29 is 4.79 Å². The Morgan fingerprint density at radius 3 is 2.55 bits per heavy atom. The molecule has 1 aliphatic rings. The summed E-state index contributed by atoms with van der Waals surface area (Å²) in [7, 11) is 0. The minimum absolute atomic E-state index is 0.0624. The highest BCUT2D eigenvalue weighted by Crippen LogP contribution is 2.27. The molecular formula is C22H25N5OS. The van der Waals surface area contributed by atoms with Gasteiger partial charge in [-0.05, 0) is 37.1 Å². The van der Waals surface area contributed by atoms with Crippen molar-refractivity contribution in [3.8, 4) is 17.1 Å². The number of pyridine rings is 1. The lowest BCUT2D eigenvalue weighted by molar-refractivity contribution is -0.119. The molecule has 0 spiro atoms. The zero-order valence-corrected chi connectivity index (χ0v) is 17.1. The second-order valence-corrected chi connectivity index (χ2v) is 8.21. The van der Waals surface area contributed by atoms with Gasteiger partial charge in [0.15, 0.2) is 11.0 Å². The summed E-state index contributed by atoms with van der Waals surface area (Å²) in [4.78, 5) is 16.7. The number of benzene rings is 1. The third-order valence-electron chi connectivity index (χ3n) is 5.12. The van der Waals surface area contributed by atoms with E-state index in [0.717, 1.165) is 29.9 Å². The molecule has 0 unspecified atom stereocenters. The minimum Gasteiger partial charge on any atom is -0.353 e. The van der Waals surface area contributed by atoms with Crippen molar-refractivity contribution in [3.05, 3.63) is 54.9 Å². The van der Waals surface area contributed by atoms with Crippen molar-refractivity contribution in [2.24, 2.45) is 0 Å². The first kappa shape index (κ1) is 19.6. The fraction of sp³-hybridized carbons (Fsp3) is 0.364. The quantitative estimate of drug-likeness (QED) is 0.488. The summed E-state index contributed by atoms with van der Waals surface area (Å²) in [6.45, 7) is 0. The third kappa shape index (κ3) is 5.03. The Bertz CT molecular complexity index is 921. The number of para-hydroxylation sites is 1. The number of carbonyl (C=O) groups excluding carboxylic acids is 1. The molecule has 0 bridgehead atoms. The fourth-order valence-electron chi connectivity index (χ4n) is 3.68. The number of carbonyl (C=O) groups is 1. The van der Waals surface area contributed by atoms with Crippen molar-refractivity contribution in [2.75, 3.05) is 5.75 Å². The van der Waals surface area contributed by atoms with Crippen LogP contribution in [0.3, 0.4) is 0 Å². The van der Waals surface area contributed by atoms with Crippen LogP contribution in [-0.2, 0) is 4.79 Å². The molecule has 1 saturated carbocycles. The topological polar surface area (TPSA) is 72.7 Å². The lowest BCUT2D eigenvalue weighted by atomic mass is 10.1. The Kier molecular flexibility index (Phi) is 6.56. The van der Waals surface area contributed by atoms with Crippen molar-refractivity contribution in [2.45, 2.75) is 49.7 Å². The Balaban J connectivity index is 1.51. The monoisotopic (exact) mass is 407 g/mol. The average Bonchev–Trinajstić information content (AvgIpc) is 3.03. The molecule has 6 nitrogen and oxygen atoms in total. The highest BCUT2D eigenvalue weighted by molar-refractivity contribution is 7.99. The molecule has 4 rings (SSSR count). The van der Waals surface area contributed by atoms with E-state index in [-0.39, 0.29) is 5.91 Å². The molecule has 0 saturated heterocycles. The van der Waals surface area contributed by atoms with Crippen LogP contribution in [0.1, 0.15) is 38.5 Å². The van der Waals surface area contributed by atoms with Gasteiger partial charge in [-0.3, -0.25) is 14.3 Å². The largest absolute Gasteiger partial charge is 0.353 e. The summed E-state index contributed by atoms with van der Waals surface area (Å²) >= 11 is 1.42. The van der Waals surface area contributed by atoms with E-state index in [1.54, 1.807) is 12.4 Å². The maximum atomic E-state index is 12.5. The lowest BCUT2D eigenvalue weighted by Gasteiger charge is -2.16. The molecule has 2 heterocycles. The first-order valence-corrected chi connectivity index (χ1v) is 11.1. The molecule has 150 valence electrons. The number of thioether (sulfide) groups is 1. The van der Waals surface area contributed by atoms with Gasteiger partial charge in [0.2, 0.25) is 5.91 Å². The van der Waals surface area contributed by atoms with E-state index in [9.17, 15) is 4.79 Å². The first-order chi connectivity index (χ1) is 14.3. The predicted molar refractivity (Wildman–Crippen MR) is 115 cm³/mol. The maximum Gasteiger partial charge on any atom is 0.230 e. The van der Waals surface area contributed by atoms with Crippen LogP contribution >= 0.6 is 11.8 Å². The molecule has 29 heavy (non-hydrogen) atoms. The fourth-order valence-corrected chi connectivity index (χ4v) is 4.44. The van der Waals surface area contributed by atoms with Gasteiger partial charge in [-0.25, -0.2) is 0 Å². The average molecular weight is 408 g/mol. The number of aromatic nitrogens is 4. The van der Waals surface area contributed by atoms with Crippen LogP contribution in [0.5, 0.6) is 0 Å². The molecular weight excluding hydrogens is 382 g/mol. The summed E-state index contributed by atoms with van der Waals surface area (Å²) in [6, 6.07) is 14.1. The molecule has 1 amide bonds. The molecule has 1 aliphatic carbocycles. The molecule has 2 aromatic heterocycles. The number of hydrogen-bond donors (Lipinski definition) is 1. The molecule has 3 aromatic rings. The second-order valence-electron chi connectivity index (χ2n) is 7.26. The predicted octanol–water partition coefficient (Wildman–Crippen LogP) is 4.26. The van der Waals surface area contributed by atoms with Gasteiger partial charge >= 0.3 is 0 Å². The van der Waals surface area contributed by atoms with E-state index in [2.05, 4.69) is 20.5 Å². The van der Waals surface area contributed by atoms with Gasteiger partial charge in [-0.15, -0.1) is 10.2 Å². The van der Waals surface area contributed by atoms with Crippen LogP contribution in [0, 0.1) is 0 Å². The molecule has 0 atom stereocenters. The highest BCUT2D eigenvalue weighted by atomic mass is 32.2. The van der Waals surface area contributed by atoms with Crippen molar-refractivity contribution in [3.63, 3.8) is 0 Å². The van der Waals surface area contributed by atoms with Crippen LogP contribution in [-0.4, -0.2) is 37.5 Å². The van der Waals surface area contributed by atoms with E-state index in [1.165, 1.54) is 37.4 Å². The van der Waals surface area contributed by atoms with Crippen molar-refractivity contribution in [1.82, 2.24) is 25.1 Å². The Morgan fingerprint density at radius 2 is 1.83 bits per heavy atom. The van der Waals surface area contributed by atoms with Gasteiger partial charge in [-0.2, -0.15) is 0 Å². The van der Waals surface area contributed by atoms with Crippen LogP contribution in [0.2, 0.25) is 0 Å². The van der Waals surface area contributed by atoms with Crippen molar-refractivity contribution in [1.29, 1.82) is 0 Å². The first-order valence-electron chi connectivity index (χ1n) is 10.1. The molecule has 1 N–H and O–H groups in total. The number of nitrogens with zero attached hydrogens (tertiary/aromatic N) is 4. The van der Waals surface area contributed by atoms with E-state index in [1.807, 2.05) is 47.0 Å². The van der Waals surface area contributed by atoms with Crippen LogP contribution in [0.25, 0.3) is 17.1 Å². The molecule has 7 heteroatoms. The van der Waals surface area contributed by atoms with Crippen LogP contribution in [0.15, 0.2) is 60.0 Å². The van der Waals surface area contributed by atoms with E-state index in [0.29, 0.717) is 17.0 Å². The number of rotatable bonds is 6. The zero-order valence-electron chi connectivity index (χ0n) is 16.3. The molecule has 1 fully saturated rings. The van der Waals surface area contributed by atoms with Gasteiger partial charge in [0.1, 0.15) is 0 Å². The van der Waals surface area contributed by atoms with Gasteiger partial charge in [0, 0.05) is 29.7 Å². The van der Waals surface area contributed by atoms with Gasteiger partial charge < -0.3 is 5.32 Å². The Labute approximate surface area is 175 Å². The summed E-state index contributed by atoms with van der Waals surface area (Å²) in [5.41, 5.74) is 1.85. The van der Waals surface area contributed by atoms with E-state index < -0.39 is 0 Å². The number of nitrogens with one attached hydrogen (secondary N) is 1. The zero-order chi connectivity index (χ0) is 19.9. The molecule has 0 aliphatic heterocycles. The van der Waals surface area contributed by atoms with Crippen LogP contribution in [0.4, 0.5) is 0 Å². The Morgan fingerprint density at radius 1 is 1.03 bits per heavy atom. The highest BCUT2D eigenvalue weighted by Gasteiger charge is 2.19. The second kappa shape index (κ2) is 9.69. The number of hydrogen-bond acceptors (Lipinski definition) is 5. The van der Waals surface area contributed by atoms with Crippen molar-refractivity contribution >= 4 is 17.7 Å². The summed E-state index contributed by atoms with van der Waals surface area (Å²) in [5.74, 6) is 1.11. The normalized spacial score (nSPS) is 15.0. The van der Waals surface area contributed by atoms with Gasteiger partial charge in [0.25, 0.3) is 0 Å². The standard InChI is InChI=1S/C22H25N5OS/c28-20(24-18-10-4-1-2-5-11-18)16-29-22-26-25-21(17-9-8-14-23-15-17)27(22)19-12-6-3-7-13-19/h3,6-9,12-15,18H,1-2,4-5,10-11,16H2,(H,24,28). The lowest BCUT2D eigenvalue weighted by Crippen LogP contribution is -2.35. The van der Waals surface area contributed by atoms with Crippen LogP contribution < -0.4 is 5.32 Å². The Hall–Kier alpha value is -2.67. The van der Waals surface area contributed by atoms with Gasteiger partial charge in [-0.1, -0.05) is 55.6 Å². The summed E-state index contributed by atoms with van der Waals surface area (Å²) < 4.78 is 1.99. The number of amides is 1. The molecule has 1 aromatic carbocycles. The maximum absolute atomic E-state index is 12.5. The minimum atomic E-state index is 0.0624. The summed E-state index contributed by atoms with van der Waals surface area (Å²) in [5, 5.41) is 12.7.